The Morgan fingerprint density at radius 1 is 1.21 bits per heavy atom. The van der Waals surface area contributed by atoms with E-state index < -0.39 is 0 Å². The van der Waals surface area contributed by atoms with Gasteiger partial charge in [0, 0.05) is 37.3 Å². The molecule has 0 spiro atoms. The first-order valence-corrected chi connectivity index (χ1v) is 9.79. The third-order valence-corrected chi connectivity index (χ3v) is 5.20. The first-order chi connectivity index (χ1) is 14.2. The number of hydrogen-bond donors (Lipinski definition) is 1. The molecule has 0 saturated heterocycles. The number of rotatable bonds is 6. The quantitative estimate of drug-likeness (QED) is 0.693. The van der Waals surface area contributed by atoms with Crippen molar-refractivity contribution < 1.29 is 9.53 Å². The predicted octanol–water partition coefficient (Wildman–Crippen LogP) is 2.80. The fourth-order valence-electron chi connectivity index (χ4n) is 3.70. The second-order valence-electron chi connectivity index (χ2n) is 7.23. The topological polar surface area (TPSA) is 94.8 Å². The monoisotopic (exact) mass is 392 g/mol. The molecular weight excluding hydrogens is 368 g/mol. The summed E-state index contributed by atoms with van der Waals surface area (Å²) >= 11 is 0. The van der Waals surface area contributed by atoms with Gasteiger partial charge in [0.1, 0.15) is 5.69 Å². The van der Waals surface area contributed by atoms with E-state index in [1.807, 2.05) is 29.2 Å². The normalized spacial score (nSPS) is 19.1. The number of carbonyl (C=O) groups excluding carboxylic acids is 1. The molecule has 8 heteroatoms. The number of aromatic nitrogens is 5. The summed E-state index contributed by atoms with van der Waals surface area (Å²) in [5.41, 5.74) is 2.97. The van der Waals surface area contributed by atoms with Crippen molar-refractivity contribution in [3.8, 4) is 11.3 Å². The summed E-state index contributed by atoms with van der Waals surface area (Å²) in [6.45, 7) is 0.395. The van der Waals surface area contributed by atoms with Crippen LogP contribution in [0.15, 0.2) is 49.2 Å². The van der Waals surface area contributed by atoms with Crippen molar-refractivity contribution in [3.63, 3.8) is 0 Å². The van der Waals surface area contributed by atoms with E-state index in [1.165, 1.54) is 0 Å². The van der Waals surface area contributed by atoms with E-state index in [1.54, 1.807) is 31.8 Å². The van der Waals surface area contributed by atoms with E-state index in [2.05, 4.69) is 25.4 Å². The maximum atomic E-state index is 12.5. The number of hydrogen-bond acceptors (Lipinski definition) is 6. The van der Waals surface area contributed by atoms with Crippen LogP contribution in [0, 0.1) is 0 Å². The lowest BCUT2D eigenvalue weighted by atomic mass is 9.91. The Bertz CT molecular complexity index is 951. The van der Waals surface area contributed by atoms with Gasteiger partial charge in [-0.05, 0) is 37.8 Å². The Morgan fingerprint density at radius 3 is 2.83 bits per heavy atom. The van der Waals surface area contributed by atoms with Crippen LogP contribution in [0.5, 0.6) is 0 Å². The second-order valence-corrected chi connectivity index (χ2v) is 7.23. The zero-order valence-corrected chi connectivity index (χ0v) is 16.4. The van der Waals surface area contributed by atoms with Gasteiger partial charge in [0.15, 0.2) is 0 Å². The molecule has 3 aromatic heterocycles. The molecule has 8 nitrogen and oxygen atoms in total. The van der Waals surface area contributed by atoms with Gasteiger partial charge in [-0.3, -0.25) is 19.4 Å². The maximum Gasteiger partial charge on any atom is 0.270 e. The molecule has 1 fully saturated rings. The zero-order chi connectivity index (χ0) is 20.1. The molecule has 0 atom stereocenters. The zero-order valence-electron chi connectivity index (χ0n) is 16.4. The number of ether oxygens (including phenoxy) is 1. The van der Waals surface area contributed by atoms with Gasteiger partial charge < -0.3 is 10.1 Å². The molecule has 0 aliphatic heterocycles. The summed E-state index contributed by atoms with van der Waals surface area (Å²) in [7, 11) is 1.61. The lowest BCUT2D eigenvalue weighted by molar-refractivity contribution is 0.0915. The average molecular weight is 392 g/mol. The minimum absolute atomic E-state index is 0.129. The van der Waals surface area contributed by atoms with Gasteiger partial charge in [-0.1, -0.05) is 6.07 Å². The smallest absolute Gasteiger partial charge is 0.270 e. The van der Waals surface area contributed by atoms with Crippen LogP contribution in [-0.4, -0.2) is 43.8 Å². The lowest BCUT2D eigenvalue weighted by Crippen LogP contribution is -2.38. The molecule has 0 radical (unpaired) electrons. The molecule has 1 aliphatic carbocycles. The van der Waals surface area contributed by atoms with Crippen molar-refractivity contribution in [1.29, 1.82) is 0 Å². The van der Waals surface area contributed by atoms with Crippen LogP contribution < -0.4 is 5.32 Å². The van der Waals surface area contributed by atoms with Gasteiger partial charge >= 0.3 is 0 Å². The predicted molar refractivity (Wildman–Crippen MR) is 107 cm³/mol. The van der Waals surface area contributed by atoms with Crippen molar-refractivity contribution in [2.24, 2.45) is 0 Å². The summed E-state index contributed by atoms with van der Waals surface area (Å²) in [5.74, 6) is -0.129. The molecule has 1 amide bonds. The fourth-order valence-corrected chi connectivity index (χ4v) is 3.70. The molecule has 0 unspecified atom stereocenters. The third-order valence-electron chi connectivity index (χ3n) is 5.20. The molecule has 0 aromatic carbocycles. The van der Waals surface area contributed by atoms with E-state index >= 15 is 0 Å². The van der Waals surface area contributed by atoms with E-state index in [9.17, 15) is 4.79 Å². The van der Waals surface area contributed by atoms with E-state index in [0.29, 0.717) is 18.3 Å². The molecule has 1 aliphatic rings. The summed E-state index contributed by atoms with van der Waals surface area (Å²) in [6.07, 6.45) is 12.7. The highest BCUT2D eigenvalue weighted by Gasteiger charge is 2.25. The molecule has 1 N–H and O–H groups in total. The Hall–Kier alpha value is -3.13. The number of nitrogens with one attached hydrogen (secondary N) is 1. The van der Waals surface area contributed by atoms with Crippen LogP contribution in [0.1, 0.15) is 47.9 Å². The summed E-state index contributed by atoms with van der Waals surface area (Å²) < 4.78 is 7.10. The Kier molecular flexibility index (Phi) is 5.90. The average Bonchev–Trinajstić information content (AvgIpc) is 3.26. The number of carbonyl (C=O) groups is 1. The molecule has 4 rings (SSSR count). The molecule has 3 aromatic rings. The number of nitrogens with zero attached hydrogens (tertiary/aromatic N) is 5. The first kappa shape index (κ1) is 19.2. The van der Waals surface area contributed by atoms with Gasteiger partial charge in [-0.25, -0.2) is 4.98 Å². The van der Waals surface area contributed by atoms with Gasteiger partial charge in [0.2, 0.25) is 0 Å². The lowest BCUT2D eigenvalue weighted by Gasteiger charge is -2.29. The second kappa shape index (κ2) is 8.91. The fraction of sp³-hybridized carbons (Fsp3) is 0.381. The molecule has 0 bridgehead atoms. The highest BCUT2D eigenvalue weighted by atomic mass is 16.5. The van der Waals surface area contributed by atoms with Crippen molar-refractivity contribution in [2.45, 2.75) is 44.4 Å². The first-order valence-electron chi connectivity index (χ1n) is 9.79. The highest BCUT2D eigenvalue weighted by molar-refractivity contribution is 5.92. The number of methoxy groups -OCH3 is 1. The van der Waals surface area contributed by atoms with Gasteiger partial charge in [0.05, 0.1) is 36.4 Å². The van der Waals surface area contributed by atoms with E-state index in [-0.39, 0.29) is 11.9 Å². The highest BCUT2D eigenvalue weighted by Crippen LogP contribution is 2.29. The van der Waals surface area contributed by atoms with Crippen LogP contribution in [0.2, 0.25) is 0 Å². The summed E-state index contributed by atoms with van der Waals surface area (Å²) in [6, 6.07) is 5.90. The van der Waals surface area contributed by atoms with Crippen molar-refractivity contribution in [3.05, 3.63) is 60.6 Å². The Balaban J connectivity index is 1.32. The maximum absolute atomic E-state index is 12.5. The molecule has 3 heterocycles. The van der Waals surface area contributed by atoms with Crippen molar-refractivity contribution in [1.82, 2.24) is 30.0 Å². The SMILES string of the molecule is COCc1cccc(C(=O)NC2CCC(n3cc(-c4cnccn4)cn3)CC2)n1. The summed E-state index contributed by atoms with van der Waals surface area (Å²) in [5, 5.41) is 7.63. The number of pyridine rings is 1. The van der Waals surface area contributed by atoms with E-state index in [4.69, 9.17) is 4.74 Å². The molecule has 1 saturated carbocycles. The minimum Gasteiger partial charge on any atom is -0.378 e. The van der Waals surface area contributed by atoms with Crippen LogP contribution in [0.3, 0.4) is 0 Å². The molecule has 29 heavy (non-hydrogen) atoms. The van der Waals surface area contributed by atoms with Crippen molar-refractivity contribution in [2.75, 3.05) is 7.11 Å². The van der Waals surface area contributed by atoms with Crippen molar-refractivity contribution >= 4 is 5.91 Å². The Labute approximate surface area is 169 Å². The number of amides is 1. The molecule has 150 valence electrons. The van der Waals surface area contributed by atoms with Gasteiger partial charge in [-0.15, -0.1) is 0 Å². The van der Waals surface area contributed by atoms with Crippen LogP contribution in [-0.2, 0) is 11.3 Å². The third kappa shape index (κ3) is 4.65. The van der Waals surface area contributed by atoms with Crippen LogP contribution in [0.25, 0.3) is 11.3 Å². The standard InChI is InChI=1S/C21H24N6O2/c1-29-14-17-3-2-4-19(25-17)21(28)26-16-5-7-18(8-6-16)27-13-15(11-24-27)20-12-22-9-10-23-20/h2-4,9-13,16,18H,5-8,14H2,1H3,(H,26,28). The van der Waals surface area contributed by atoms with Gasteiger partial charge in [-0.2, -0.15) is 5.10 Å². The van der Waals surface area contributed by atoms with Crippen LogP contribution >= 0.6 is 0 Å². The van der Waals surface area contributed by atoms with Gasteiger partial charge in [0.25, 0.3) is 5.91 Å². The van der Waals surface area contributed by atoms with Crippen LogP contribution in [0.4, 0.5) is 0 Å². The molecular formula is C21H24N6O2. The summed E-state index contributed by atoms with van der Waals surface area (Å²) in [4.78, 5) is 25.3. The minimum atomic E-state index is -0.129. The largest absolute Gasteiger partial charge is 0.378 e. The Morgan fingerprint density at radius 2 is 2.07 bits per heavy atom. The van der Waals surface area contributed by atoms with E-state index in [0.717, 1.165) is 42.6 Å².